The smallest absolute Gasteiger partial charge is 0.409 e. The summed E-state index contributed by atoms with van der Waals surface area (Å²) >= 11 is 0. The van der Waals surface area contributed by atoms with Crippen LogP contribution in [0.25, 0.3) is 0 Å². The SMILES string of the molecule is CCOC(=O)N1CCN(C(=O)c2cccc3c2NC(=O)CO3)CC1. The zero-order valence-corrected chi connectivity index (χ0v) is 13.4. The van der Waals surface area contributed by atoms with E-state index in [0.717, 1.165) is 0 Å². The molecule has 1 aromatic carbocycles. The van der Waals surface area contributed by atoms with Gasteiger partial charge in [0.05, 0.1) is 17.9 Å². The molecule has 128 valence electrons. The van der Waals surface area contributed by atoms with Crippen LogP contribution in [0.1, 0.15) is 17.3 Å². The first-order valence-corrected chi connectivity index (χ1v) is 7.86. The Morgan fingerprint density at radius 2 is 1.92 bits per heavy atom. The number of benzene rings is 1. The lowest BCUT2D eigenvalue weighted by atomic mass is 10.1. The van der Waals surface area contributed by atoms with Crippen molar-refractivity contribution in [1.29, 1.82) is 0 Å². The lowest BCUT2D eigenvalue weighted by Gasteiger charge is -2.34. The Labute approximate surface area is 139 Å². The highest BCUT2D eigenvalue weighted by atomic mass is 16.6. The van der Waals surface area contributed by atoms with Gasteiger partial charge in [0, 0.05) is 26.2 Å². The van der Waals surface area contributed by atoms with E-state index in [1.807, 2.05) is 0 Å². The maximum Gasteiger partial charge on any atom is 0.409 e. The molecular formula is C16H19N3O5. The largest absolute Gasteiger partial charge is 0.482 e. The molecule has 0 saturated carbocycles. The summed E-state index contributed by atoms with van der Waals surface area (Å²) in [6, 6.07) is 5.09. The Kier molecular flexibility index (Phi) is 4.54. The normalized spacial score (nSPS) is 16.8. The average Bonchev–Trinajstić information content (AvgIpc) is 2.61. The molecule has 1 fully saturated rings. The van der Waals surface area contributed by atoms with Crippen LogP contribution in [0.3, 0.4) is 0 Å². The van der Waals surface area contributed by atoms with Crippen LogP contribution in [0.5, 0.6) is 5.75 Å². The van der Waals surface area contributed by atoms with Crippen molar-refractivity contribution >= 4 is 23.6 Å². The lowest BCUT2D eigenvalue weighted by Crippen LogP contribution is -2.50. The van der Waals surface area contributed by atoms with Crippen LogP contribution in [0.4, 0.5) is 10.5 Å². The van der Waals surface area contributed by atoms with Crippen LogP contribution in [0, 0.1) is 0 Å². The lowest BCUT2D eigenvalue weighted by molar-refractivity contribution is -0.118. The second-order valence-corrected chi connectivity index (χ2v) is 5.49. The molecule has 24 heavy (non-hydrogen) atoms. The van der Waals surface area contributed by atoms with Crippen molar-refractivity contribution < 1.29 is 23.9 Å². The van der Waals surface area contributed by atoms with Crippen molar-refractivity contribution in [2.45, 2.75) is 6.92 Å². The van der Waals surface area contributed by atoms with E-state index < -0.39 is 0 Å². The quantitative estimate of drug-likeness (QED) is 0.870. The van der Waals surface area contributed by atoms with Gasteiger partial charge in [-0.3, -0.25) is 9.59 Å². The molecule has 0 atom stereocenters. The number of carbonyl (C=O) groups is 3. The highest BCUT2D eigenvalue weighted by Gasteiger charge is 2.29. The summed E-state index contributed by atoms with van der Waals surface area (Å²) < 4.78 is 10.3. The van der Waals surface area contributed by atoms with Crippen LogP contribution in [-0.2, 0) is 9.53 Å². The van der Waals surface area contributed by atoms with Gasteiger partial charge >= 0.3 is 6.09 Å². The summed E-state index contributed by atoms with van der Waals surface area (Å²) in [4.78, 5) is 39.3. The summed E-state index contributed by atoms with van der Waals surface area (Å²) in [7, 11) is 0. The third-order valence-corrected chi connectivity index (χ3v) is 3.97. The van der Waals surface area contributed by atoms with Crippen molar-refractivity contribution in [3.05, 3.63) is 23.8 Å². The predicted octanol–water partition coefficient (Wildman–Crippen LogP) is 0.932. The molecule has 1 saturated heterocycles. The number of hydrogen-bond acceptors (Lipinski definition) is 5. The highest BCUT2D eigenvalue weighted by molar-refractivity contribution is 6.06. The minimum absolute atomic E-state index is 0.0527. The van der Waals surface area contributed by atoms with E-state index in [0.29, 0.717) is 49.8 Å². The van der Waals surface area contributed by atoms with Gasteiger partial charge in [-0.15, -0.1) is 0 Å². The molecule has 8 heteroatoms. The second-order valence-electron chi connectivity index (χ2n) is 5.49. The van der Waals surface area contributed by atoms with Gasteiger partial charge in [0.1, 0.15) is 5.75 Å². The minimum Gasteiger partial charge on any atom is -0.482 e. The van der Waals surface area contributed by atoms with Crippen molar-refractivity contribution in [3.8, 4) is 5.75 Å². The molecule has 3 rings (SSSR count). The van der Waals surface area contributed by atoms with Gasteiger partial charge in [-0.1, -0.05) is 6.07 Å². The van der Waals surface area contributed by atoms with E-state index in [-0.39, 0.29) is 24.5 Å². The van der Waals surface area contributed by atoms with Gasteiger partial charge in [-0.2, -0.15) is 0 Å². The Bertz CT molecular complexity index is 668. The summed E-state index contributed by atoms with van der Waals surface area (Å²) in [6.45, 7) is 3.69. The Morgan fingerprint density at radius 1 is 1.21 bits per heavy atom. The van der Waals surface area contributed by atoms with E-state index in [2.05, 4.69) is 5.32 Å². The maximum absolute atomic E-state index is 12.8. The van der Waals surface area contributed by atoms with Crippen LogP contribution in [0.2, 0.25) is 0 Å². The van der Waals surface area contributed by atoms with Gasteiger partial charge < -0.3 is 24.6 Å². The van der Waals surface area contributed by atoms with Gasteiger partial charge in [-0.25, -0.2) is 4.79 Å². The Hall–Kier alpha value is -2.77. The molecule has 0 radical (unpaired) electrons. The number of carbonyl (C=O) groups excluding carboxylic acids is 3. The zero-order valence-electron chi connectivity index (χ0n) is 13.4. The topological polar surface area (TPSA) is 88.2 Å². The van der Waals surface area contributed by atoms with E-state index in [1.165, 1.54) is 0 Å². The molecule has 3 amide bonds. The molecular weight excluding hydrogens is 314 g/mol. The monoisotopic (exact) mass is 333 g/mol. The van der Waals surface area contributed by atoms with Gasteiger partial charge in [0.25, 0.3) is 11.8 Å². The molecule has 0 spiro atoms. The molecule has 2 aliphatic heterocycles. The molecule has 0 aliphatic carbocycles. The van der Waals surface area contributed by atoms with E-state index >= 15 is 0 Å². The fourth-order valence-corrected chi connectivity index (χ4v) is 2.75. The molecule has 2 heterocycles. The Morgan fingerprint density at radius 3 is 2.62 bits per heavy atom. The van der Waals surface area contributed by atoms with Gasteiger partial charge in [0.2, 0.25) is 0 Å². The highest BCUT2D eigenvalue weighted by Crippen LogP contribution is 2.32. The molecule has 2 aliphatic rings. The number of hydrogen-bond donors (Lipinski definition) is 1. The number of nitrogens with zero attached hydrogens (tertiary/aromatic N) is 2. The first-order chi connectivity index (χ1) is 11.6. The van der Waals surface area contributed by atoms with Gasteiger partial charge in [-0.05, 0) is 19.1 Å². The molecule has 1 N–H and O–H groups in total. The number of piperazine rings is 1. The summed E-state index contributed by atoms with van der Waals surface area (Å²) in [5, 5.41) is 2.70. The fourth-order valence-electron chi connectivity index (χ4n) is 2.75. The number of nitrogens with one attached hydrogen (secondary N) is 1. The van der Waals surface area contributed by atoms with Crippen molar-refractivity contribution in [3.63, 3.8) is 0 Å². The molecule has 8 nitrogen and oxygen atoms in total. The van der Waals surface area contributed by atoms with E-state index in [9.17, 15) is 14.4 Å². The number of amides is 3. The zero-order chi connectivity index (χ0) is 17.1. The van der Waals surface area contributed by atoms with Crippen LogP contribution < -0.4 is 10.1 Å². The second kappa shape index (κ2) is 6.77. The number of anilines is 1. The van der Waals surface area contributed by atoms with E-state index in [1.54, 1.807) is 34.9 Å². The Balaban J connectivity index is 1.70. The first-order valence-electron chi connectivity index (χ1n) is 7.86. The third-order valence-electron chi connectivity index (χ3n) is 3.97. The van der Waals surface area contributed by atoms with Crippen molar-refractivity contribution in [2.24, 2.45) is 0 Å². The van der Waals surface area contributed by atoms with Crippen LogP contribution in [-0.4, -0.2) is 67.1 Å². The van der Waals surface area contributed by atoms with Crippen molar-refractivity contribution in [1.82, 2.24) is 9.80 Å². The predicted molar refractivity (Wildman–Crippen MR) is 85.1 cm³/mol. The third kappa shape index (κ3) is 3.12. The average molecular weight is 333 g/mol. The van der Waals surface area contributed by atoms with Crippen molar-refractivity contribution in [2.75, 3.05) is 44.7 Å². The first kappa shape index (κ1) is 16.1. The molecule has 0 unspecified atom stereocenters. The van der Waals surface area contributed by atoms with Crippen LogP contribution in [0.15, 0.2) is 18.2 Å². The van der Waals surface area contributed by atoms with Crippen LogP contribution >= 0.6 is 0 Å². The maximum atomic E-state index is 12.8. The number of para-hydroxylation sites is 1. The summed E-state index contributed by atoms with van der Waals surface area (Å²) in [5.74, 6) is 0.0154. The fraction of sp³-hybridized carbons (Fsp3) is 0.438. The molecule has 0 bridgehead atoms. The minimum atomic E-state index is -0.359. The summed E-state index contributed by atoms with van der Waals surface area (Å²) in [5.41, 5.74) is 0.803. The van der Waals surface area contributed by atoms with Gasteiger partial charge in [0.15, 0.2) is 6.61 Å². The summed E-state index contributed by atoms with van der Waals surface area (Å²) in [6.07, 6.45) is -0.359. The van der Waals surface area contributed by atoms with E-state index in [4.69, 9.17) is 9.47 Å². The number of rotatable bonds is 2. The standard InChI is InChI=1S/C16H19N3O5/c1-2-23-16(22)19-8-6-18(7-9-19)15(21)11-4-3-5-12-14(11)17-13(20)10-24-12/h3-5H,2,6-10H2,1H3,(H,17,20). The molecule has 1 aromatic rings. The number of ether oxygens (including phenoxy) is 2. The number of fused-ring (bicyclic) bond motifs is 1. The molecule has 0 aromatic heterocycles.